The second-order valence-electron chi connectivity index (χ2n) is 4.78. The third-order valence-electron chi connectivity index (χ3n) is 3.29. The van der Waals surface area contributed by atoms with Gasteiger partial charge in [-0.25, -0.2) is 8.78 Å². The molecule has 1 aliphatic rings. The van der Waals surface area contributed by atoms with Crippen molar-refractivity contribution in [3.8, 4) is 11.5 Å². The fourth-order valence-electron chi connectivity index (χ4n) is 2.27. The zero-order valence-electron chi connectivity index (χ0n) is 11.4. The van der Waals surface area contributed by atoms with E-state index < -0.39 is 11.6 Å². The minimum absolute atomic E-state index is 0.316. The smallest absolute Gasteiger partial charge is 0.165 e. The van der Waals surface area contributed by atoms with E-state index >= 15 is 0 Å². The van der Waals surface area contributed by atoms with Crippen molar-refractivity contribution in [2.45, 2.75) is 13.1 Å². The SMILES string of the molecule is Fc1ccc(CNCc2cccc3c2OCCO3)c(F)c1. The maximum Gasteiger partial charge on any atom is 0.165 e. The third kappa shape index (κ3) is 3.13. The molecule has 110 valence electrons. The van der Waals surface area contributed by atoms with Gasteiger partial charge in [-0.05, 0) is 12.1 Å². The highest BCUT2D eigenvalue weighted by molar-refractivity contribution is 5.47. The van der Waals surface area contributed by atoms with Crippen molar-refractivity contribution in [1.29, 1.82) is 0 Å². The summed E-state index contributed by atoms with van der Waals surface area (Å²) in [6.07, 6.45) is 0. The number of halogens is 2. The van der Waals surface area contributed by atoms with Crippen molar-refractivity contribution < 1.29 is 18.3 Å². The standard InChI is InChI=1S/C16H15F2NO2/c17-13-5-4-11(14(18)8-13)9-19-10-12-2-1-3-15-16(12)21-7-6-20-15/h1-5,8,19H,6-7,9-10H2. The van der Waals surface area contributed by atoms with E-state index in [0.717, 1.165) is 23.1 Å². The molecule has 0 amide bonds. The molecule has 0 radical (unpaired) electrons. The number of nitrogens with one attached hydrogen (secondary N) is 1. The quantitative estimate of drug-likeness (QED) is 0.939. The zero-order valence-corrected chi connectivity index (χ0v) is 11.4. The molecule has 1 heterocycles. The largest absolute Gasteiger partial charge is 0.486 e. The molecule has 0 saturated carbocycles. The molecule has 5 heteroatoms. The van der Waals surface area contributed by atoms with Crippen molar-refractivity contribution in [3.63, 3.8) is 0 Å². The second kappa shape index (κ2) is 6.10. The summed E-state index contributed by atoms with van der Waals surface area (Å²) in [5.74, 6) is 0.348. The Labute approximate surface area is 121 Å². The minimum Gasteiger partial charge on any atom is -0.486 e. The van der Waals surface area contributed by atoms with Crippen LogP contribution in [-0.4, -0.2) is 13.2 Å². The average molecular weight is 291 g/mol. The lowest BCUT2D eigenvalue weighted by atomic mass is 10.1. The van der Waals surface area contributed by atoms with Crippen molar-refractivity contribution in [2.24, 2.45) is 0 Å². The Balaban J connectivity index is 1.65. The van der Waals surface area contributed by atoms with Gasteiger partial charge in [0.25, 0.3) is 0 Å². The van der Waals surface area contributed by atoms with Crippen LogP contribution in [0.5, 0.6) is 11.5 Å². The van der Waals surface area contributed by atoms with Gasteiger partial charge >= 0.3 is 0 Å². The minimum atomic E-state index is -0.570. The van der Waals surface area contributed by atoms with Crippen LogP contribution in [0.4, 0.5) is 8.78 Å². The molecule has 0 fully saturated rings. The molecule has 3 rings (SSSR count). The van der Waals surface area contributed by atoms with Crippen molar-refractivity contribution in [2.75, 3.05) is 13.2 Å². The maximum absolute atomic E-state index is 13.5. The normalized spacial score (nSPS) is 13.2. The van der Waals surface area contributed by atoms with Crippen LogP contribution in [-0.2, 0) is 13.1 Å². The van der Waals surface area contributed by atoms with Gasteiger partial charge in [0, 0.05) is 30.3 Å². The molecule has 0 spiro atoms. The van der Waals surface area contributed by atoms with Gasteiger partial charge in [-0.15, -0.1) is 0 Å². The van der Waals surface area contributed by atoms with Crippen LogP contribution in [0.2, 0.25) is 0 Å². The summed E-state index contributed by atoms with van der Waals surface area (Å²) < 4.78 is 37.5. The molecular weight excluding hydrogens is 276 g/mol. The number of para-hydroxylation sites is 1. The Morgan fingerprint density at radius 1 is 0.952 bits per heavy atom. The molecule has 1 aliphatic heterocycles. The molecule has 0 bridgehead atoms. The highest BCUT2D eigenvalue weighted by Crippen LogP contribution is 2.33. The number of rotatable bonds is 4. The summed E-state index contributed by atoms with van der Waals surface area (Å²) in [5, 5.41) is 3.13. The second-order valence-corrected chi connectivity index (χ2v) is 4.78. The van der Waals surface area contributed by atoms with Gasteiger partial charge in [0.1, 0.15) is 24.8 Å². The number of hydrogen-bond donors (Lipinski definition) is 1. The Morgan fingerprint density at radius 2 is 1.76 bits per heavy atom. The third-order valence-corrected chi connectivity index (χ3v) is 3.29. The first-order valence-corrected chi connectivity index (χ1v) is 6.76. The van der Waals surface area contributed by atoms with Crippen LogP contribution in [0.3, 0.4) is 0 Å². The molecule has 3 nitrogen and oxygen atoms in total. The van der Waals surface area contributed by atoms with Gasteiger partial charge in [0.2, 0.25) is 0 Å². The highest BCUT2D eigenvalue weighted by Gasteiger charge is 2.15. The van der Waals surface area contributed by atoms with Gasteiger partial charge in [-0.2, -0.15) is 0 Å². The first-order chi connectivity index (χ1) is 10.2. The van der Waals surface area contributed by atoms with Gasteiger partial charge < -0.3 is 14.8 Å². The number of fused-ring (bicyclic) bond motifs is 1. The highest BCUT2D eigenvalue weighted by atomic mass is 19.1. The van der Waals surface area contributed by atoms with Gasteiger partial charge in [0.15, 0.2) is 11.5 Å². The van der Waals surface area contributed by atoms with Crippen molar-refractivity contribution in [3.05, 3.63) is 59.2 Å². The summed E-state index contributed by atoms with van der Waals surface area (Å²) in [5.41, 5.74) is 1.38. The van der Waals surface area contributed by atoms with E-state index in [1.807, 2.05) is 18.2 Å². The first-order valence-electron chi connectivity index (χ1n) is 6.76. The number of benzene rings is 2. The van der Waals surface area contributed by atoms with E-state index in [9.17, 15) is 8.78 Å². The van der Waals surface area contributed by atoms with E-state index in [1.54, 1.807) is 0 Å². The fraction of sp³-hybridized carbons (Fsp3) is 0.250. The predicted octanol–water partition coefficient (Wildman–Crippen LogP) is 3.03. The van der Waals surface area contributed by atoms with E-state index in [-0.39, 0.29) is 0 Å². The van der Waals surface area contributed by atoms with Crippen molar-refractivity contribution >= 4 is 0 Å². The average Bonchev–Trinajstić information content (AvgIpc) is 2.50. The van der Waals surface area contributed by atoms with E-state index in [4.69, 9.17) is 9.47 Å². The maximum atomic E-state index is 13.5. The van der Waals surface area contributed by atoms with Crippen LogP contribution >= 0.6 is 0 Å². The van der Waals surface area contributed by atoms with Gasteiger partial charge in [-0.1, -0.05) is 18.2 Å². The first kappa shape index (κ1) is 13.8. The summed E-state index contributed by atoms with van der Waals surface area (Å²) in [7, 11) is 0. The van der Waals surface area contributed by atoms with Crippen molar-refractivity contribution in [1.82, 2.24) is 5.32 Å². The summed E-state index contributed by atoms with van der Waals surface area (Å²) >= 11 is 0. The molecule has 0 aliphatic carbocycles. The van der Waals surface area contributed by atoms with Gasteiger partial charge in [0.05, 0.1) is 0 Å². The Morgan fingerprint density at radius 3 is 2.62 bits per heavy atom. The molecule has 0 aromatic heterocycles. The van der Waals surface area contributed by atoms with Crippen LogP contribution in [0.25, 0.3) is 0 Å². The molecule has 2 aromatic rings. The number of hydrogen-bond acceptors (Lipinski definition) is 3. The van der Waals surface area contributed by atoms with E-state index in [2.05, 4.69) is 5.32 Å². The monoisotopic (exact) mass is 291 g/mol. The molecule has 0 atom stereocenters. The molecular formula is C16H15F2NO2. The molecule has 2 aromatic carbocycles. The topological polar surface area (TPSA) is 30.5 Å². The molecule has 0 saturated heterocycles. The van der Waals surface area contributed by atoms with Crippen LogP contribution < -0.4 is 14.8 Å². The lowest BCUT2D eigenvalue weighted by Crippen LogP contribution is -2.19. The Hall–Kier alpha value is -2.14. The fourth-order valence-corrected chi connectivity index (χ4v) is 2.27. The lowest BCUT2D eigenvalue weighted by molar-refractivity contribution is 0.169. The van der Waals surface area contributed by atoms with E-state index in [0.29, 0.717) is 31.9 Å². The summed E-state index contributed by atoms with van der Waals surface area (Å²) in [6, 6.07) is 9.26. The zero-order chi connectivity index (χ0) is 14.7. The summed E-state index contributed by atoms with van der Waals surface area (Å²) in [4.78, 5) is 0. The molecule has 21 heavy (non-hydrogen) atoms. The lowest BCUT2D eigenvalue weighted by Gasteiger charge is -2.21. The van der Waals surface area contributed by atoms with Crippen LogP contribution in [0.15, 0.2) is 36.4 Å². The van der Waals surface area contributed by atoms with Crippen LogP contribution in [0, 0.1) is 11.6 Å². The Kier molecular flexibility index (Phi) is 4.01. The summed E-state index contributed by atoms with van der Waals surface area (Å²) in [6.45, 7) is 1.90. The van der Waals surface area contributed by atoms with Crippen LogP contribution in [0.1, 0.15) is 11.1 Å². The Bertz CT molecular complexity index is 646. The predicted molar refractivity (Wildman–Crippen MR) is 74.3 cm³/mol. The molecule has 1 N–H and O–H groups in total. The molecule has 0 unspecified atom stereocenters. The van der Waals surface area contributed by atoms with E-state index in [1.165, 1.54) is 12.1 Å². The number of ether oxygens (including phenoxy) is 2. The van der Waals surface area contributed by atoms with Gasteiger partial charge in [-0.3, -0.25) is 0 Å².